The molecule has 2 amide bonds. The van der Waals surface area contributed by atoms with E-state index < -0.39 is 16.7 Å². The van der Waals surface area contributed by atoms with Crippen LogP contribution >= 0.6 is 0 Å². The number of amides is 2. The first-order chi connectivity index (χ1) is 8.91. The van der Waals surface area contributed by atoms with Crippen molar-refractivity contribution in [3.63, 3.8) is 0 Å². The van der Waals surface area contributed by atoms with Crippen LogP contribution in [0.1, 0.15) is 12.0 Å². The van der Waals surface area contributed by atoms with E-state index in [1.54, 1.807) is 13.0 Å². The van der Waals surface area contributed by atoms with Gasteiger partial charge >= 0.3 is 0 Å². The number of primary amides is 1. The standard InChI is InChI=1S/C12H13N3O4/c1-7-9(3-2-4-10(7)15(18)19)14-6-8(12(13)17)5-11(14)16/h2-4,8H,5-6H2,1H3,(H2,13,17). The van der Waals surface area contributed by atoms with Crippen molar-refractivity contribution < 1.29 is 14.5 Å². The van der Waals surface area contributed by atoms with Crippen molar-refractivity contribution in [1.29, 1.82) is 0 Å². The van der Waals surface area contributed by atoms with Gasteiger partial charge < -0.3 is 10.6 Å². The maximum atomic E-state index is 11.9. The Balaban J connectivity index is 2.38. The third-order valence-electron chi connectivity index (χ3n) is 3.29. The number of nitro groups is 1. The molecule has 7 nitrogen and oxygen atoms in total. The van der Waals surface area contributed by atoms with Gasteiger partial charge in [-0.3, -0.25) is 19.7 Å². The van der Waals surface area contributed by atoms with Crippen LogP contribution in [0.15, 0.2) is 18.2 Å². The summed E-state index contributed by atoms with van der Waals surface area (Å²) in [6, 6.07) is 4.53. The third-order valence-corrected chi connectivity index (χ3v) is 3.29. The van der Waals surface area contributed by atoms with Crippen LogP contribution < -0.4 is 10.6 Å². The second-order valence-corrected chi connectivity index (χ2v) is 4.49. The van der Waals surface area contributed by atoms with Crippen LogP contribution in [0, 0.1) is 23.0 Å². The highest BCUT2D eigenvalue weighted by atomic mass is 16.6. The first kappa shape index (κ1) is 13.0. The molecule has 100 valence electrons. The first-order valence-electron chi connectivity index (χ1n) is 5.75. The van der Waals surface area contributed by atoms with E-state index in [0.717, 1.165) is 0 Å². The molecule has 0 saturated carbocycles. The van der Waals surface area contributed by atoms with E-state index in [-0.39, 0.29) is 24.6 Å². The Morgan fingerprint density at radius 3 is 2.74 bits per heavy atom. The topological polar surface area (TPSA) is 107 Å². The minimum Gasteiger partial charge on any atom is -0.369 e. The molecule has 1 aliphatic heterocycles. The van der Waals surface area contributed by atoms with Crippen molar-refractivity contribution in [1.82, 2.24) is 0 Å². The number of nitrogens with two attached hydrogens (primary N) is 1. The quantitative estimate of drug-likeness (QED) is 0.641. The average molecular weight is 263 g/mol. The van der Waals surface area contributed by atoms with E-state index in [9.17, 15) is 19.7 Å². The monoisotopic (exact) mass is 263 g/mol. The van der Waals surface area contributed by atoms with Gasteiger partial charge in [0.1, 0.15) is 0 Å². The molecule has 1 aromatic carbocycles. The van der Waals surface area contributed by atoms with Gasteiger partial charge in [-0.1, -0.05) is 6.07 Å². The first-order valence-corrected chi connectivity index (χ1v) is 5.75. The summed E-state index contributed by atoms with van der Waals surface area (Å²) in [4.78, 5) is 34.8. The number of rotatable bonds is 3. The van der Waals surface area contributed by atoms with E-state index in [4.69, 9.17) is 5.73 Å². The highest BCUT2D eigenvalue weighted by molar-refractivity contribution is 6.00. The summed E-state index contributed by atoms with van der Waals surface area (Å²) in [5.74, 6) is -1.31. The Hall–Kier alpha value is -2.44. The fourth-order valence-electron chi connectivity index (χ4n) is 2.23. The van der Waals surface area contributed by atoms with Crippen molar-refractivity contribution in [2.45, 2.75) is 13.3 Å². The zero-order chi connectivity index (χ0) is 14.2. The molecule has 1 fully saturated rings. The van der Waals surface area contributed by atoms with Crippen LogP contribution in [-0.2, 0) is 9.59 Å². The van der Waals surface area contributed by atoms with Crippen LogP contribution in [0.2, 0.25) is 0 Å². The number of anilines is 1. The minimum absolute atomic E-state index is 0.0483. The van der Waals surface area contributed by atoms with E-state index in [2.05, 4.69) is 0 Å². The van der Waals surface area contributed by atoms with Crippen LogP contribution in [0.4, 0.5) is 11.4 Å². The highest BCUT2D eigenvalue weighted by Crippen LogP contribution is 2.32. The molecule has 2 rings (SSSR count). The molecule has 0 aromatic heterocycles. The normalized spacial score (nSPS) is 18.7. The van der Waals surface area contributed by atoms with Gasteiger partial charge in [0.25, 0.3) is 5.69 Å². The molecular formula is C12H13N3O4. The highest BCUT2D eigenvalue weighted by Gasteiger charge is 2.35. The molecule has 1 heterocycles. The zero-order valence-electron chi connectivity index (χ0n) is 10.3. The Labute approximate surface area is 109 Å². The number of carbonyl (C=O) groups excluding carboxylic acids is 2. The van der Waals surface area contributed by atoms with Gasteiger partial charge in [-0.2, -0.15) is 0 Å². The lowest BCUT2D eigenvalue weighted by molar-refractivity contribution is -0.385. The predicted octanol–water partition coefficient (Wildman–Crippen LogP) is 0.741. The predicted molar refractivity (Wildman–Crippen MR) is 67.5 cm³/mol. The van der Waals surface area contributed by atoms with Crippen molar-refractivity contribution >= 4 is 23.2 Å². The van der Waals surface area contributed by atoms with E-state index >= 15 is 0 Å². The molecule has 0 aliphatic carbocycles. The number of nitro benzene ring substituents is 1. The molecule has 7 heteroatoms. The van der Waals surface area contributed by atoms with E-state index in [1.165, 1.54) is 17.0 Å². The maximum absolute atomic E-state index is 11.9. The van der Waals surface area contributed by atoms with Crippen molar-refractivity contribution in [2.24, 2.45) is 11.7 Å². The van der Waals surface area contributed by atoms with Gasteiger partial charge in [0.2, 0.25) is 11.8 Å². The summed E-state index contributed by atoms with van der Waals surface area (Å²) in [5.41, 5.74) is 6.01. The molecule has 1 saturated heterocycles. The van der Waals surface area contributed by atoms with Gasteiger partial charge in [-0.15, -0.1) is 0 Å². The number of carbonyl (C=O) groups is 2. The maximum Gasteiger partial charge on any atom is 0.274 e. The largest absolute Gasteiger partial charge is 0.369 e. The third kappa shape index (κ3) is 2.26. The number of hydrogen-bond donors (Lipinski definition) is 1. The Bertz CT molecular complexity index is 570. The molecule has 0 spiro atoms. The number of hydrogen-bond acceptors (Lipinski definition) is 4. The minimum atomic E-state index is -0.536. The SMILES string of the molecule is Cc1c(N2CC(C(N)=O)CC2=O)cccc1[N+](=O)[O-]. The molecule has 1 aromatic rings. The van der Waals surface area contributed by atoms with Gasteiger partial charge in [0, 0.05) is 19.0 Å². The fourth-order valence-corrected chi connectivity index (χ4v) is 2.23. The smallest absolute Gasteiger partial charge is 0.274 e. The summed E-state index contributed by atoms with van der Waals surface area (Å²) in [6.45, 7) is 1.76. The Morgan fingerprint density at radius 1 is 1.53 bits per heavy atom. The van der Waals surface area contributed by atoms with Crippen molar-refractivity contribution in [3.05, 3.63) is 33.9 Å². The molecule has 1 aliphatic rings. The lowest BCUT2D eigenvalue weighted by Crippen LogP contribution is -2.28. The second kappa shape index (κ2) is 4.68. The van der Waals surface area contributed by atoms with Crippen molar-refractivity contribution in [3.8, 4) is 0 Å². The molecule has 1 unspecified atom stereocenters. The summed E-state index contributed by atoms with van der Waals surface area (Å²) < 4.78 is 0. The fraction of sp³-hybridized carbons (Fsp3) is 0.333. The van der Waals surface area contributed by atoms with E-state index in [0.29, 0.717) is 11.3 Å². The molecular weight excluding hydrogens is 250 g/mol. The van der Waals surface area contributed by atoms with Gasteiger partial charge in [0.15, 0.2) is 0 Å². The molecule has 19 heavy (non-hydrogen) atoms. The lowest BCUT2D eigenvalue weighted by Gasteiger charge is -2.18. The van der Waals surface area contributed by atoms with Crippen LogP contribution in [0.5, 0.6) is 0 Å². The van der Waals surface area contributed by atoms with E-state index in [1.807, 2.05) is 0 Å². The molecule has 2 N–H and O–H groups in total. The number of nitrogens with zero attached hydrogens (tertiary/aromatic N) is 2. The van der Waals surface area contributed by atoms with Gasteiger partial charge in [-0.05, 0) is 13.0 Å². The summed E-state index contributed by atoms with van der Waals surface area (Å²) in [5, 5.41) is 10.9. The van der Waals surface area contributed by atoms with Gasteiger partial charge in [-0.25, -0.2) is 0 Å². The Morgan fingerprint density at radius 2 is 2.21 bits per heavy atom. The summed E-state index contributed by atoms with van der Waals surface area (Å²) >= 11 is 0. The average Bonchev–Trinajstić information content (AvgIpc) is 2.71. The molecule has 0 bridgehead atoms. The van der Waals surface area contributed by atoms with Crippen molar-refractivity contribution in [2.75, 3.05) is 11.4 Å². The summed E-state index contributed by atoms with van der Waals surface area (Å²) in [6.07, 6.45) is 0.0530. The van der Waals surface area contributed by atoms with Crippen LogP contribution in [0.3, 0.4) is 0 Å². The van der Waals surface area contributed by atoms with Crippen LogP contribution in [0.25, 0.3) is 0 Å². The summed E-state index contributed by atoms with van der Waals surface area (Å²) in [7, 11) is 0. The van der Waals surface area contributed by atoms with Gasteiger partial charge in [0.05, 0.1) is 22.1 Å². The lowest BCUT2D eigenvalue weighted by atomic mass is 10.1. The molecule has 0 radical (unpaired) electrons. The number of benzene rings is 1. The molecule has 1 atom stereocenters. The van der Waals surface area contributed by atoms with Crippen LogP contribution in [-0.4, -0.2) is 23.3 Å². The zero-order valence-corrected chi connectivity index (χ0v) is 10.3. The second-order valence-electron chi connectivity index (χ2n) is 4.49. The Kier molecular flexibility index (Phi) is 3.20.